The second kappa shape index (κ2) is 6.30. The van der Waals surface area contributed by atoms with E-state index in [9.17, 15) is 4.79 Å². The molecule has 0 spiro atoms. The molecule has 0 bridgehead atoms. The molecule has 2 aromatic rings. The molecule has 0 radical (unpaired) electrons. The van der Waals surface area contributed by atoms with Gasteiger partial charge in [-0.05, 0) is 52.6 Å². The van der Waals surface area contributed by atoms with Crippen LogP contribution in [0, 0.1) is 11.8 Å². The highest BCUT2D eigenvalue weighted by Gasteiger charge is 2.17. The molecule has 112 valence electrons. The molecular formula is C19H24O2. The van der Waals surface area contributed by atoms with Crippen LogP contribution in [0.2, 0.25) is 0 Å². The van der Waals surface area contributed by atoms with Crippen LogP contribution in [-0.4, -0.2) is 11.1 Å². The Labute approximate surface area is 126 Å². The zero-order valence-electron chi connectivity index (χ0n) is 13.3. The summed E-state index contributed by atoms with van der Waals surface area (Å²) in [7, 11) is 0. The van der Waals surface area contributed by atoms with E-state index in [4.69, 9.17) is 5.11 Å². The van der Waals surface area contributed by atoms with Gasteiger partial charge in [0.1, 0.15) is 0 Å². The van der Waals surface area contributed by atoms with Crippen molar-refractivity contribution in [3.05, 3.63) is 47.5 Å². The Morgan fingerprint density at radius 3 is 2.19 bits per heavy atom. The highest BCUT2D eigenvalue weighted by molar-refractivity contribution is 5.94. The predicted molar refractivity (Wildman–Crippen MR) is 87.9 cm³/mol. The molecule has 1 unspecified atom stereocenters. The summed E-state index contributed by atoms with van der Waals surface area (Å²) >= 11 is 0. The van der Waals surface area contributed by atoms with Crippen LogP contribution in [0.4, 0.5) is 0 Å². The molecule has 2 heteroatoms. The largest absolute Gasteiger partial charge is 0.478 e. The molecule has 1 atom stereocenters. The zero-order chi connectivity index (χ0) is 15.6. The fourth-order valence-corrected chi connectivity index (χ4v) is 2.93. The van der Waals surface area contributed by atoms with Crippen molar-refractivity contribution < 1.29 is 9.90 Å². The van der Waals surface area contributed by atoms with E-state index in [1.165, 1.54) is 12.0 Å². The minimum atomic E-state index is -0.874. The standard InChI is InChI=1S/C19H24O2/c1-12(2)9-18(13(3)4)16-7-5-15-11-17(19(20)21)8-6-14(15)10-16/h5-8,10-13,18H,9H2,1-4H3,(H,20,21). The predicted octanol–water partition coefficient (Wildman–Crippen LogP) is 5.32. The van der Waals surface area contributed by atoms with Gasteiger partial charge >= 0.3 is 5.97 Å². The second-order valence-electron chi connectivity index (χ2n) is 6.61. The van der Waals surface area contributed by atoms with Crippen molar-refractivity contribution in [3.8, 4) is 0 Å². The zero-order valence-corrected chi connectivity index (χ0v) is 13.3. The summed E-state index contributed by atoms with van der Waals surface area (Å²) in [6.07, 6.45) is 1.18. The second-order valence-corrected chi connectivity index (χ2v) is 6.61. The summed E-state index contributed by atoms with van der Waals surface area (Å²) in [4.78, 5) is 11.0. The van der Waals surface area contributed by atoms with Crippen molar-refractivity contribution in [2.75, 3.05) is 0 Å². The molecule has 0 heterocycles. The van der Waals surface area contributed by atoms with Gasteiger partial charge in [0, 0.05) is 0 Å². The van der Waals surface area contributed by atoms with Crippen molar-refractivity contribution in [2.45, 2.75) is 40.0 Å². The third-order valence-electron chi connectivity index (χ3n) is 4.07. The van der Waals surface area contributed by atoms with Crippen LogP contribution >= 0.6 is 0 Å². The van der Waals surface area contributed by atoms with E-state index in [0.29, 0.717) is 23.3 Å². The van der Waals surface area contributed by atoms with Gasteiger partial charge in [0.25, 0.3) is 0 Å². The molecule has 0 saturated heterocycles. The number of carboxylic acid groups (broad SMARTS) is 1. The average molecular weight is 284 g/mol. The third kappa shape index (κ3) is 3.63. The Morgan fingerprint density at radius 1 is 1.00 bits per heavy atom. The Bertz CT molecular complexity index is 641. The van der Waals surface area contributed by atoms with Crippen LogP contribution in [0.3, 0.4) is 0 Å². The molecule has 0 aliphatic rings. The number of rotatable bonds is 5. The molecule has 0 amide bonds. The van der Waals surface area contributed by atoms with E-state index in [1.54, 1.807) is 12.1 Å². The van der Waals surface area contributed by atoms with Crippen molar-refractivity contribution in [3.63, 3.8) is 0 Å². The first-order chi connectivity index (χ1) is 9.88. The molecule has 0 aliphatic carbocycles. The van der Waals surface area contributed by atoms with Crippen LogP contribution in [0.15, 0.2) is 36.4 Å². The number of aromatic carboxylic acids is 1. The highest BCUT2D eigenvalue weighted by Crippen LogP contribution is 2.32. The van der Waals surface area contributed by atoms with E-state index >= 15 is 0 Å². The van der Waals surface area contributed by atoms with Gasteiger partial charge in [-0.2, -0.15) is 0 Å². The van der Waals surface area contributed by atoms with Gasteiger partial charge < -0.3 is 5.11 Å². The van der Waals surface area contributed by atoms with Crippen molar-refractivity contribution in [1.82, 2.24) is 0 Å². The molecule has 2 rings (SSSR count). The average Bonchev–Trinajstić information content (AvgIpc) is 2.43. The van der Waals surface area contributed by atoms with Gasteiger partial charge in [0.15, 0.2) is 0 Å². The fourth-order valence-electron chi connectivity index (χ4n) is 2.93. The lowest BCUT2D eigenvalue weighted by molar-refractivity contribution is 0.0697. The maximum Gasteiger partial charge on any atom is 0.335 e. The smallest absolute Gasteiger partial charge is 0.335 e. The van der Waals surface area contributed by atoms with Crippen LogP contribution < -0.4 is 0 Å². The minimum absolute atomic E-state index is 0.345. The maximum absolute atomic E-state index is 11.0. The Kier molecular flexibility index (Phi) is 4.66. The van der Waals surface area contributed by atoms with Gasteiger partial charge in [-0.1, -0.05) is 52.0 Å². The third-order valence-corrected chi connectivity index (χ3v) is 4.07. The topological polar surface area (TPSA) is 37.3 Å². The van der Waals surface area contributed by atoms with Crippen LogP contribution in [0.5, 0.6) is 0 Å². The summed E-state index contributed by atoms with van der Waals surface area (Å²) in [5, 5.41) is 11.2. The van der Waals surface area contributed by atoms with E-state index < -0.39 is 5.97 Å². The van der Waals surface area contributed by atoms with Crippen LogP contribution in [-0.2, 0) is 0 Å². The number of fused-ring (bicyclic) bond motifs is 1. The van der Waals surface area contributed by atoms with Gasteiger partial charge in [-0.25, -0.2) is 4.79 Å². The molecule has 0 saturated carbocycles. The number of carboxylic acids is 1. The lowest BCUT2D eigenvalue weighted by Gasteiger charge is -2.23. The van der Waals surface area contributed by atoms with E-state index in [2.05, 4.69) is 39.8 Å². The molecule has 0 aromatic heterocycles. The van der Waals surface area contributed by atoms with Crippen LogP contribution in [0.1, 0.15) is 56.0 Å². The number of carbonyl (C=O) groups is 1. The van der Waals surface area contributed by atoms with Crippen molar-refractivity contribution in [2.24, 2.45) is 11.8 Å². The number of hydrogen-bond donors (Lipinski definition) is 1. The van der Waals surface area contributed by atoms with E-state index in [0.717, 1.165) is 10.8 Å². The first-order valence-electron chi connectivity index (χ1n) is 7.65. The fraction of sp³-hybridized carbons (Fsp3) is 0.421. The normalized spacial score (nSPS) is 13.0. The molecule has 2 nitrogen and oxygen atoms in total. The van der Waals surface area contributed by atoms with Gasteiger partial charge in [0.2, 0.25) is 0 Å². The highest BCUT2D eigenvalue weighted by atomic mass is 16.4. The van der Waals surface area contributed by atoms with Crippen LogP contribution in [0.25, 0.3) is 10.8 Å². The summed E-state index contributed by atoms with van der Waals surface area (Å²) in [5.74, 6) is 0.944. The van der Waals surface area contributed by atoms with Gasteiger partial charge in [-0.3, -0.25) is 0 Å². The van der Waals surface area contributed by atoms with E-state index in [1.807, 2.05) is 12.1 Å². The molecule has 2 aromatic carbocycles. The summed E-state index contributed by atoms with van der Waals surface area (Å²) < 4.78 is 0. The van der Waals surface area contributed by atoms with Crippen molar-refractivity contribution in [1.29, 1.82) is 0 Å². The van der Waals surface area contributed by atoms with Gasteiger partial charge in [-0.15, -0.1) is 0 Å². The Morgan fingerprint density at radius 2 is 1.62 bits per heavy atom. The molecule has 1 N–H and O–H groups in total. The summed E-state index contributed by atoms with van der Waals surface area (Å²) in [6, 6.07) is 11.8. The molecule has 0 fully saturated rings. The minimum Gasteiger partial charge on any atom is -0.478 e. The quantitative estimate of drug-likeness (QED) is 0.806. The van der Waals surface area contributed by atoms with Gasteiger partial charge in [0.05, 0.1) is 5.56 Å². The Balaban J connectivity index is 2.41. The molecule has 21 heavy (non-hydrogen) atoms. The first kappa shape index (κ1) is 15.6. The lowest BCUT2D eigenvalue weighted by Crippen LogP contribution is -2.09. The SMILES string of the molecule is CC(C)CC(c1ccc2cc(C(=O)O)ccc2c1)C(C)C. The summed E-state index contributed by atoms with van der Waals surface area (Å²) in [5.41, 5.74) is 1.70. The molecule has 0 aliphatic heterocycles. The number of hydrogen-bond acceptors (Lipinski definition) is 1. The molecular weight excluding hydrogens is 260 g/mol. The van der Waals surface area contributed by atoms with E-state index in [-0.39, 0.29) is 0 Å². The lowest BCUT2D eigenvalue weighted by atomic mass is 9.81. The number of benzene rings is 2. The Hall–Kier alpha value is -1.83. The first-order valence-corrected chi connectivity index (χ1v) is 7.65. The summed E-state index contributed by atoms with van der Waals surface area (Å²) in [6.45, 7) is 9.06. The monoisotopic (exact) mass is 284 g/mol. The maximum atomic E-state index is 11.0. The van der Waals surface area contributed by atoms with Crippen molar-refractivity contribution >= 4 is 16.7 Å².